The summed E-state index contributed by atoms with van der Waals surface area (Å²) in [4.78, 5) is 6.38. The Labute approximate surface area is 108 Å². The molecule has 3 N–H and O–H groups in total. The average molecular weight is 251 g/mol. The lowest BCUT2D eigenvalue weighted by molar-refractivity contribution is 0.125. The van der Waals surface area contributed by atoms with Crippen LogP contribution in [0.2, 0.25) is 0 Å². The standard InChI is InChI=1S/C13H21N3O2/c1-18-12-5-4-10(8-15-12)13(17)11(14)9-16-6-2-3-7-16/h4-5,8,11,13,17H,2-3,6-7,9,14H2,1H3. The van der Waals surface area contributed by atoms with Crippen LogP contribution in [0.25, 0.3) is 0 Å². The molecule has 0 spiro atoms. The molecule has 0 aliphatic carbocycles. The van der Waals surface area contributed by atoms with E-state index in [0.29, 0.717) is 5.88 Å². The van der Waals surface area contributed by atoms with Gasteiger partial charge in [0.25, 0.3) is 0 Å². The van der Waals surface area contributed by atoms with Gasteiger partial charge in [0.05, 0.1) is 13.2 Å². The lowest BCUT2D eigenvalue weighted by Crippen LogP contribution is -2.40. The van der Waals surface area contributed by atoms with Crippen LogP contribution in [0, 0.1) is 0 Å². The Morgan fingerprint density at radius 1 is 1.44 bits per heavy atom. The molecule has 18 heavy (non-hydrogen) atoms. The molecule has 2 unspecified atom stereocenters. The summed E-state index contributed by atoms with van der Waals surface area (Å²) in [6, 6.07) is 3.26. The lowest BCUT2D eigenvalue weighted by Gasteiger charge is -2.24. The van der Waals surface area contributed by atoms with Crippen LogP contribution < -0.4 is 10.5 Å². The van der Waals surface area contributed by atoms with Gasteiger partial charge in [0, 0.05) is 30.4 Å². The molecular formula is C13H21N3O2. The van der Waals surface area contributed by atoms with E-state index in [1.807, 2.05) is 0 Å². The highest BCUT2D eigenvalue weighted by Gasteiger charge is 2.22. The molecule has 1 aliphatic rings. The number of ether oxygens (including phenoxy) is 1. The van der Waals surface area contributed by atoms with Crippen molar-refractivity contribution in [3.8, 4) is 5.88 Å². The normalized spacial score (nSPS) is 19.7. The number of likely N-dealkylation sites (tertiary alicyclic amines) is 1. The first kappa shape index (κ1) is 13.3. The van der Waals surface area contributed by atoms with Crippen molar-refractivity contribution >= 4 is 0 Å². The van der Waals surface area contributed by atoms with Crippen LogP contribution in [0.4, 0.5) is 0 Å². The summed E-state index contributed by atoms with van der Waals surface area (Å²) >= 11 is 0. The summed E-state index contributed by atoms with van der Waals surface area (Å²) in [6.07, 6.45) is 3.40. The maximum Gasteiger partial charge on any atom is 0.212 e. The molecule has 1 fully saturated rings. The molecule has 100 valence electrons. The third-order valence-corrected chi connectivity index (χ3v) is 3.38. The smallest absolute Gasteiger partial charge is 0.212 e. The van der Waals surface area contributed by atoms with Crippen molar-refractivity contribution in [2.45, 2.75) is 25.0 Å². The second-order valence-corrected chi connectivity index (χ2v) is 4.75. The number of rotatable bonds is 5. The zero-order valence-electron chi connectivity index (χ0n) is 10.7. The predicted octanol–water partition coefficient (Wildman–Crippen LogP) is 0.547. The number of hydrogen-bond donors (Lipinski definition) is 2. The van der Waals surface area contributed by atoms with E-state index in [4.69, 9.17) is 10.5 Å². The maximum absolute atomic E-state index is 10.2. The fourth-order valence-electron chi connectivity index (χ4n) is 2.30. The highest BCUT2D eigenvalue weighted by atomic mass is 16.5. The second-order valence-electron chi connectivity index (χ2n) is 4.75. The molecule has 1 saturated heterocycles. The van der Waals surface area contributed by atoms with Crippen molar-refractivity contribution in [1.82, 2.24) is 9.88 Å². The van der Waals surface area contributed by atoms with Gasteiger partial charge in [-0.05, 0) is 32.0 Å². The number of aliphatic hydroxyl groups excluding tert-OH is 1. The van der Waals surface area contributed by atoms with Crippen LogP contribution in [0.15, 0.2) is 18.3 Å². The SMILES string of the molecule is COc1ccc(C(O)C(N)CN2CCCC2)cn1. The van der Waals surface area contributed by atoms with Gasteiger partial charge in [0.2, 0.25) is 5.88 Å². The average Bonchev–Trinajstić information content (AvgIpc) is 2.91. The van der Waals surface area contributed by atoms with E-state index in [9.17, 15) is 5.11 Å². The van der Waals surface area contributed by atoms with Crippen LogP contribution in [-0.4, -0.2) is 47.8 Å². The molecule has 0 aromatic carbocycles. The Kier molecular flexibility index (Phi) is 4.52. The van der Waals surface area contributed by atoms with Crippen molar-refractivity contribution in [1.29, 1.82) is 0 Å². The number of methoxy groups -OCH3 is 1. The monoisotopic (exact) mass is 251 g/mol. The van der Waals surface area contributed by atoms with E-state index < -0.39 is 6.10 Å². The molecule has 1 aliphatic heterocycles. The van der Waals surface area contributed by atoms with Crippen molar-refractivity contribution in [2.24, 2.45) is 5.73 Å². The Balaban J connectivity index is 1.93. The van der Waals surface area contributed by atoms with Crippen LogP contribution in [0.5, 0.6) is 5.88 Å². The summed E-state index contributed by atoms with van der Waals surface area (Å²) in [7, 11) is 1.57. The first-order chi connectivity index (χ1) is 8.70. The molecule has 2 heterocycles. The van der Waals surface area contributed by atoms with Crippen LogP contribution in [-0.2, 0) is 0 Å². The molecule has 0 radical (unpaired) electrons. The number of nitrogens with two attached hydrogens (primary N) is 1. The zero-order chi connectivity index (χ0) is 13.0. The largest absolute Gasteiger partial charge is 0.481 e. The molecule has 1 aromatic rings. The second kappa shape index (κ2) is 6.13. The van der Waals surface area contributed by atoms with Crippen molar-refractivity contribution in [3.05, 3.63) is 23.9 Å². The van der Waals surface area contributed by atoms with E-state index >= 15 is 0 Å². The topological polar surface area (TPSA) is 71.6 Å². The van der Waals surface area contributed by atoms with Crippen molar-refractivity contribution in [2.75, 3.05) is 26.7 Å². The number of hydrogen-bond acceptors (Lipinski definition) is 5. The van der Waals surface area contributed by atoms with Crippen LogP contribution >= 0.6 is 0 Å². The Bertz CT molecular complexity index is 363. The number of aromatic nitrogens is 1. The Morgan fingerprint density at radius 3 is 2.72 bits per heavy atom. The van der Waals surface area contributed by atoms with E-state index in [1.54, 1.807) is 25.4 Å². The zero-order valence-corrected chi connectivity index (χ0v) is 10.7. The van der Waals surface area contributed by atoms with Gasteiger partial charge < -0.3 is 20.5 Å². The fraction of sp³-hybridized carbons (Fsp3) is 0.615. The highest BCUT2D eigenvalue weighted by Crippen LogP contribution is 2.19. The summed E-state index contributed by atoms with van der Waals surface area (Å²) in [6.45, 7) is 2.90. The van der Waals surface area contributed by atoms with Gasteiger partial charge in [0.1, 0.15) is 0 Å². The molecule has 5 heteroatoms. The van der Waals surface area contributed by atoms with E-state index in [1.165, 1.54) is 12.8 Å². The predicted molar refractivity (Wildman–Crippen MR) is 69.4 cm³/mol. The van der Waals surface area contributed by atoms with Gasteiger partial charge in [-0.3, -0.25) is 0 Å². The lowest BCUT2D eigenvalue weighted by atomic mass is 10.0. The van der Waals surface area contributed by atoms with Gasteiger partial charge in [-0.2, -0.15) is 0 Å². The van der Waals surface area contributed by atoms with Crippen molar-refractivity contribution < 1.29 is 9.84 Å². The number of aliphatic hydroxyl groups is 1. The minimum Gasteiger partial charge on any atom is -0.481 e. The molecule has 0 bridgehead atoms. The van der Waals surface area contributed by atoms with Crippen molar-refractivity contribution in [3.63, 3.8) is 0 Å². The first-order valence-corrected chi connectivity index (χ1v) is 6.36. The summed E-state index contributed by atoms with van der Waals surface area (Å²) < 4.78 is 4.98. The maximum atomic E-state index is 10.2. The van der Waals surface area contributed by atoms with Gasteiger partial charge in [-0.25, -0.2) is 4.98 Å². The first-order valence-electron chi connectivity index (χ1n) is 6.36. The summed E-state index contributed by atoms with van der Waals surface area (Å²) in [5.41, 5.74) is 6.79. The molecule has 2 rings (SSSR count). The molecule has 2 atom stereocenters. The third kappa shape index (κ3) is 3.19. The van der Waals surface area contributed by atoms with E-state index in [-0.39, 0.29) is 6.04 Å². The van der Waals surface area contributed by atoms with E-state index in [2.05, 4.69) is 9.88 Å². The van der Waals surface area contributed by atoms with Gasteiger partial charge in [-0.1, -0.05) is 0 Å². The van der Waals surface area contributed by atoms with Gasteiger partial charge in [-0.15, -0.1) is 0 Å². The Hall–Kier alpha value is -1.17. The van der Waals surface area contributed by atoms with Crippen LogP contribution in [0.1, 0.15) is 24.5 Å². The molecule has 5 nitrogen and oxygen atoms in total. The minimum absolute atomic E-state index is 0.279. The summed E-state index contributed by atoms with van der Waals surface area (Å²) in [5.74, 6) is 0.541. The quantitative estimate of drug-likeness (QED) is 0.799. The Morgan fingerprint density at radius 2 is 2.17 bits per heavy atom. The number of pyridine rings is 1. The highest BCUT2D eigenvalue weighted by molar-refractivity contribution is 5.20. The number of nitrogens with zero attached hydrogens (tertiary/aromatic N) is 2. The van der Waals surface area contributed by atoms with Crippen LogP contribution in [0.3, 0.4) is 0 Å². The summed E-state index contributed by atoms with van der Waals surface area (Å²) in [5, 5.41) is 10.2. The van der Waals surface area contributed by atoms with Gasteiger partial charge in [0.15, 0.2) is 0 Å². The molecule has 0 saturated carbocycles. The minimum atomic E-state index is -0.677. The third-order valence-electron chi connectivity index (χ3n) is 3.38. The molecule has 1 aromatic heterocycles. The molecular weight excluding hydrogens is 230 g/mol. The fourth-order valence-corrected chi connectivity index (χ4v) is 2.30. The molecule has 0 amide bonds. The van der Waals surface area contributed by atoms with Gasteiger partial charge >= 0.3 is 0 Å². The van der Waals surface area contributed by atoms with E-state index in [0.717, 1.165) is 25.2 Å².